The van der Waals surface area contributed by atoms with E-state index >= 15 is 0 Å². The molecule has 0 aliphatic rings. The fraction of sp³-hybridized carbons (Fsp3) is 0.125. The van der Waals surface area contributed by atoms with Crippen LogP contribution in [0.15, 0.2) is 42.5 Å². The van der Waals surface area contributed by atoms with Gasteiger partial charge < -0.3 is 9.47 Å². The maximum absolute atomic E-state index is 11.6. The Morgan fingerprint density at radius 2 is 1.36 bits per heavy atom. The van der Waals surface area contributed by atoms with Crippen LogP contribution in [-0.2, 0) is 9.59 Å². The van der Waals surface area contributed by atoms with Gasteiger partial charge in [-0.2, -0.15) is 0 Å². The van der Waals surface area contributed by atoms with Gasteiger partial charge >= 0.3 is 0 Å². The third kappa shape index (κ3) is 6.70. The van der Waals surface area contributed by atoms with Crippen molar-refractivity contribution in [1.82, 2.24) is 10.9 Å². The Morgan fingerprint density at radius 1 is 0.800 bits per heavy atom. The van der Waals surface area contributed by atoms with E-state index in [1.165, 1.54) is 12.1 Å². The van der Waals surface area contributed by atoms with Crippen molar-refractivity contribution in [2.75, 3.05) is 13.2 Å². The third-order valence-corrected chi connectivity index (χ3v) is 3.56. The van der Waals surface area contributed by atoms with Gasteiger partial charge in [0, 0.05) is 10.0 Å². The molecule has 0 heterocycles. The Hall–Kier alpha value is -2.15. The predicted octanol–water partition coefficient (Wildman–Crippen LogP) is 3.25. The molecule has 2 aromatic rings. The average Bonchev–Trinajstić information content (AvgIpc) is 2.58. The summed E-state index contributed by atoms with van der Waals surface area (Å²) in [6.45, 7) is -0.606. The van der Waals surface area contributed by atoms with E-state index in [1.54, 1.807) is 30.3 Å². The van der Waals surface area contributed by atoms with Crippen LogP contribution in [-0.4, -0.2) is 25.0 Å². The van der Waals surface area contributed by atoms with Gasteiger partial charge in [-0.1, -0.05) is 34.8 Å². The first-order valence-corrected chi connectivity index (χ1v) is 8.11. The molecular formula is C16H13Cl3N2O4. The van der Waals surface area contributed by atoms with E-state index in [1.807, 2.05) is 0 Å². The van der Waals surface area contributed by atoms with Gasteiger partial charge in [0.15, 0.2) is 13.2 Å². The van der Waals surface area contributed by atoms with Crippen molar-refractivity contribution in [1.29, 1.82) is 0 Å². The topological polar surface area (TPSA) is 76.7 Å². The number of carbonyl (C=O) groups excluding carboxylic acids is 2. The minimum absolute atomic E-state index is 0.272. The van der Waals surface area contributed by atoms with Crippen molar-refractivity contribution in [3.05, 3.63) is 57.5 Å². The van der Waals surface area contributed by atoms with Crippen LogP contribution >= 0.6 is 34.8 Å². The molecule has 2 amide bonds. The molecule has 132 valence electrons. The zero-order valence-electron chi connectivity index (χ0n) is 12.7. The molecule has 0 bridgehead atoms. The summed E-state index contributed by atoms with van der Waals surface area (Å²) in [7, 11) is 0. The Balaban J connectivity index is 1.68. The number of ether oxygens (including phenoxy) is 2. The van der Waals surface area contributed by atoms with E-state index in [0.717, 1.165) is 0 Å². The van der Waals surface area contributed by atoms with Gasteiger partial charge in [-0.05, 0) is 42.5 Å². The first-order valence-electron chi connectivity index (χ1n) is 6.98. The van der Waals surface area contributed by atoms with E-state index in [-0.39, 0.29) is 18.2 Å². The predicted molar refractivity (Wildman–Crippen MR) is 95.2 cm³/mol. The van der Waals surface area contributed by atoms with E-state index in [9.17, 15) is 9.59 Å². The summed E-state index contributed by atoms with van der Waals surface area (Å²) >= 11 is 17.4. The van der Waals surface area contributed by atoms with Crippen molar-refractivity contribution in [2.24, 2.45) is 0 Å². The second-order valence-electron chi connectivity index (χ2n) is 4.70. The Morgan fingerprint density at radius 3 is 1.96 bits per heavy atom. The molecule has 0 aliphatic carbocycles. The molecule has 0 aromatic heterocycles. The summed E-state index contributed by atoms with van der Waals surface area (Å²) < 4.78 is 10.5. The number of hydrazine groups is 1. The van der Waals surface area contributed by atoms with Crippen LogP contribution in [0.25, 0.3) is 0 Å². The fourth-order valence-electron chi connectivity index (χ4n) is 1.63. The molecule has 0 spiro atoms. The SMILES string of the molecule is O=C(COc1ccc(Cl)cc1)NNC(=O)COc1ccc(Cl)cc1Cl. The quantitative estimate of drug-likeness (QED) is 0.726. The summed E-state index contributed by atoms with van der Waals surface area (Å²) in [5, 5.41) is 1.29. The Kier molecular flexibility index (Phi) is 7.18. The molecule has 9 heteroatoms. The lowest BCUT2D eigenvalue weighted by atomic mass is 10.3. The second kappa shape index (κ2) is 9.36. The van der Waals surface area contributed by atoms with Crippen molar-refractivity contribution in [3.8, 4) is 11.5 Å². The van der Waals surface area contributed by atoms with E-state index in [4.69, 9.17) is 44.3 Å². The highest BCUT2D eigenvalue weighted by Crippen LogP contribution is 2.27. The van der Waals surface area contributed by atoms with Crippen LogP contribution in [0.1, 0.15) is 0 Å². The molecule has 0 aliphatic heterocycles. The number of carbonyl (C=O) groups is 2. The lowest BCUT2D eigenvalue weighted by molar-refractivity contribution is -0.131. The zero-order valence-corrected chi connectivity index (χ0v) is 15.0. The summed E-state index contributed by atoms with van der Waals surface area (Å²) in [6, 6.07) is 11.1. The van der Waals surface area contributed by atoms with Crippen LogP contribution in [0.4, 0.5) is 0 Å². The fourth-order valence-corrected chi connectivity index (χ4v) is 2.22. The molecule has 0 unspecified atom stereocenters. The van der Waals surface area contributed by atoms with Gasteiger partial charge in [0.1, 0.15) is 11.5 Å². The van der Waals surface area contributed by atoms with E-state index in [2.05, 4.69) is 10.9 Å². The van der Waals surface area contributed by atoms with Gasteiger partial charge in [0.25, 0.3) is 11.8 Å². The summed E-state index contributed by atoms with van der Waals surface area (Å²) in [5.74, 6) is -0.316. The first kappa shape index (κ1) is 19.2. The molecule has 0 radical (unpaired) electrons. The molecule has 0 atom stereocenters. The lowest BCUT2D eigenvalue weighted by Gasteiger charge is -2.10. The smallest absolute Gasteiger partial charge is 0.276 e. The van der Waals surface area contributed by atoms with Gasteiger partial charge in [-0.15, -0.1) is 0 Å². The number of nitrogens with one attached hydrogen (secondary N) is 2. The number of benzene rings is 2. The van der Waals surface area contributed by atoms with E-state index in [0.29, 0.717) is 21.5 Å². The largest absolute Gasteiger partial charge is 0.484 e. The number of hydrogen-bond donors (Lipinski definition) is 2. The number of amides is 2. The van der Waals surface area contributed by atoms with Gasteiger partial charge in [0.2, 0.25) is 0 Å². The molecule has 6 nitrogen and oxygen atoms in total. The standard InChI is InChI=1S/C16H13Cl3N2O4/c17-10-1-4-12(5-2-10)24-8-15(22)20-21-16(23)9-25-14-6-3-11(18)7-13(14)19/h1-7H,8-9H2,(H,20,22)(H,21,23). The van der Waals surface area contributed by atoms with Crippen LogP contribution in [0.2, 0.25) is 15.1 Å². The highest BCUT2D eigenvalue weighted by Gasteiger charge is 2.08. The van der Waals surface area contributed by atoms with Crippen LogP contribution in [0.3, 0.4) is 0 Å². The molecule has 2 aromatic carbocycles. The van der Waals surface area contributed by atoms with Crippen LogP contribution in [0.5, 0.6) is 11.5 Å². The summed E-state index contributed by atoms with van der Waals surface area (Å²) in [5.41, 5.74) is 4.40. The van der Waals surface area contributed by atoms with E-state index < -0.39 is 11.8 Å². The molecule has 0 fully saturated rings. The lowest BCUT2D eigenvalue weighted by Crippen LogP contribution is -2.45. The number of halogens is 3. The van der Waals surface area contributed by atoms with Crippen molar-refractivity contribution >= 4 is 46.6 Å². The normalized spacial score (nSPS) is 10.0. The first-order chi connectivity index (χ1) is 11.9. The van der Waals surface area contributed by atoms with Crippen LogP contribution in [0, 0.1) is 0 Å². The van der Waals surface area contributed by atoms with Crippen LogP contribution < -0.4 is 20.3 Å². The molecule has 2 rings (SSSR count). The maximum Gasteiger partial charge on any atom is 0.276 e. The molecule has 0 saturated heterocycles. The average molecular weight is 404 g/mol. The summed E-state index contributed by atoms with van der Waals surface area (Å²) in [4.78, 5) is 23.2. The number of hydrogen-bond acceptors (Lipinski definition) is 4. The summed E-state index contributed by atoms with van der Waals surface area (Å²) in [6.07, 6.45) is 0. The highest BCUT2D eigenvalue weighted by atomic mass is 35.5. The Labute approximate surface area is 158 Å². The monoisotopic (exact) mass is 402 g/mol. The van der Waals surface area contributed by atoms with Gasteiger partial charge in [-0.3, -0.25) is 20.4 Å². The zero-order chi connectivity index (χ0) is 18.2. The minimum Gasteiger partial charge on any atom is -0.484 e. The second-order valence-corrected chi connectivity index (χ2v) is 5.98. The van der Waals surface area contributed by atoms with Crippen molar-refractivity contribution in [2.45, 2.75) is 0 Å². The maximum atomic E-state index is 11.6. The number of rotatable bonds is 6. The van der Waals surface area contributed by atoms with Crippen molar-refractivity contribution < 1.29 is 19.1 Å². The molecule has 0 saturated carbocycles. The van der Waals surface area contributed by atoms with Gasteiger partial charge in [-0.25, -0.2) is 0 Å². The third-order valence-electron chi connectivity index (χ3n) is 2.78. The highest BCUT2D eigenvalue weighted by molar-refractivity contribution is 6.35. The Bertz CT molecular complexity index is 754. The minimum atomic E-state index is -0.564. The van der Waals surface area contributed by atoms with Gasteiger partial charge in [0.05, 0.1) is 5.02 Å². The molecular weight excluding hydrogens is 391 g/mol. The molecule has 2 N–H and O–H groups in total. The molecule has 25 heavy (non-hydrogen) atoms. The van der Waals surface area contributed by atoms with Crippen molar-refractivity contribution in [3.63, 3.8) is 0 Å².